The molecule has 4 nitrogen and oxygen atoms in total. The zero-order chi connectivity index (χ0) is 15.9. The number of aromatic carboxylic acids is 1. The molecule has 0 saturated carbocycles. The number of anilines is 1. The molecular weight excluding hydrogens is 302 g/mol. The molecule has 5 heteroatoms. The molecule has 22 heavy (non-hydrogen) atoms. The number of carboxylic acids is 1. The predicted molar refractivity (Wildman–Crippen MR) is 86.4 cm³/mol. The van der Waals surface area contributed by atoms with Crippen LogP contribution in [-0.2, 0) is 0 Å². The molecule has 0 bridgehead atoms. The fourth-order valence-electron chi connectivity index (χ4n) is 2.77. The van der Waals surface area contributed by atoms with Crippen molar-refractivity contribution >= 4 is 28.8 Å². The fraction of sp³-hybridized carbons (Fsp3) is 0.118. The van der Waals surface area contributed by atoms with Crippen molar-refractivity contribution in [2.45, 2.75) is 6.10 Å². The second-order valence-corrected chi connectivity index (χ2v) is 5.40. The Morgan fingerprint density at radius 1 is 1.18 bits per heavy atom. The molecule has 0 saturated heterocycles. The Balaban J connectivity index is 2.21. The van der Waals surface area contributed by atoms with Crippen LogP contribution in [0.1, 0.15) is 33.2 Å². The summed E-state index contributed by atoms with van der Waals surface area (Å²) in [7, 11) is 1.64. The average Bonchev–Trinajstić information content (AvgIpc) is 2.84. The molecule has 0 amide bonds. The maximum atomic E-state index is 11.5. The van der Waals surface area contributed by atoms with E-state index in [4.69, 9.17) is 11.6 Å². The summed E-state index contributed by atoms with van der Waals surface area (Å²) in [5, 5.41) is 22.5. The van der Waals surface area contributed by atoms with Gasteiger partial charge in [-0.1, -0.05) is 41.9 Å². The highest BCUT2D eigenvalue weighted by molar-refractivity contribution is 6.36. The van der Waals surface area contributed by atoms with Crippen molar-refractivity contribution in [2.75, 3.05) is 12.4 Å². The minimum Gasteiger partial charge on any atom is -0.478 e. The Labute approximate surface area is 132 Å². The largest absolute Gasteiger partial charge is 0.478 e. The number of hydrogen-bond acceptors (Lipinski definition) is 3. The number of benzene rings is 2. The number of carbonyl (C=O) groups is 1. The quantitative estimate of drug-likeness (QED) is 0.810. The van der Waals surface area contributed by atoms with Crippen LogP contribution in [0.5, 0.6) is 0 Å². The normalized spacial score (nSPS) is 16.1. The summed E-state index contributed by atoms with van der Waals surface area (Å²) >= 11 is 6.34. The van der Waals surface area contributed by atoms with Crippen molar-refractivity contribution in [1.82, 2.24) is 0 Å². The van der Waals surface area contributed by atoms with Crippen molar-refractivity contribution in [1.29, 1.82) is 0 Å². The highest BCUT2D eigenvalue weighted by atomic mass is 35.5. The number of hydrogen-bond donors (Lipinski definition) is 3. The molecule has 1 unspecified atom stereocenters. The van der Waals surface area contributed by atoms with Crippen molar-refractivity contribution in [3.63, 3.8) is 0 Å². The van der Waals surface area contributed by atoms with Gasteiger partial charge in [-0.2, -0.15) is 0 Å². The Morgan fingerprint density at radius 3 is 2.59 bits per heavy atom. The van der Waals surface area contributed by atoms with Gasteiger partial charge in [-0.15, -0.1) is 0 Å². The third-order valence-corrected chi connectivity index (χ3v) is 4.20. The highest BCUT2D eigenvalue weighted by Crippen LogP contribution is 2.42. The number of rotatable bonds is 3. The summed E-state index contributed by atoms with van der Waals surface area (Å²) in [6.45, 7) is 0. The summed E-state index contributed by atoms with van der Waals surface area (Å²) in [4.78, 5) is 11.5. The van der Waals surface area contributed by atoms with E-state index in [1.807, 2.05) is 24.3 Å². The number of nitrogens with one attached hydrogen (secondary N) is 1. The second kappa shape index (κ2) is 5.48. The van der Waals surface area contributed by atoms with Crippen LogP contribution < -0.4 is 5.32 Å². The Kier molecular flexibility index (Phi) is 3.64. The molecule has 3 rings (SSSR count). The van der Waals surface area contributed by atoms with E-state index in [1.54, 1.807) is 25.3 Å². The number of fused-ring (bicyclic) bond motifs is 1. The van der Waals surface area contributed by atoms with E-state index in [0.717, 1.165) is 16.7 Å². The minimum absolute atomic E-state index is 0.0291. The Hall–Kier alpha value is -2.30. The van der Waals surface area contributed by atoms with Crippen molar-refractivity contribution in [3.8, 4) is 0 Å². The molecule has 2 aromatic rings. The lowest BCUT2D eigenvalue weighted by Crippen LogP contribution is -2.05. The number of aliphatic hydroxyl groups is 1. The molecule has 1 aliphatic carbocycles. The van der Waals surface area contributed by atoms with Crippen LogP contribution >= 0.6 is 11.6 Å². The summed E-state index contributed by atoms with van der Waals surface area (Å²) in [6, 6.07) is 10.9. The molecule has 0 fully saturated rings. The fourth-order valence-corrected chi connectivity index (χ4v) is 3.12. The molecule has 1 atom stereocenters. The maximum Gasteiger partial charge on any atom is 0.339 e. The lowest BCUT2D eigenvalue weighted by Gasteiger charge is -2.13. The summed E-state index contributed by atoms with van der Waals surface area (Å²) < 4.78 is 0. The molecule has 0 spiro atoms. The van der Waals surface area contributed by atoms with Gasteiger partial charge in [0, 0.05) is 12.6 Å². The van der Waals surface area contributed by atoms with Crippen LogP contribution in [0.15, 0.2) is 42.5 Å². The van der Waals surface area contributed by atoms with Crippen LogP contribution in [0.3, 0.4) is 0 Å². The first-order valence-corrected chi connectivity index (χ1v) is 7.15. The molecule has 0 radical (unpaired) electrons. The third-order valence-electron chi connectivity index (χ3n) is 3.81. The molecule has 2 aromatic carbocycles. The minimum atomic E-state index is -1.09. The Morgan fingerprint density at radius 2 is 1.91 bits per heavy atom. The van der Waals surface area contributed by atoms with Gasteiger partial charge in [0.25, 0.3) is 0 Å². The van der Waals surface area contributed by atoms with Gasteiger partial charge < -0.3 is 15.5 Å². The first kappa shape index (κ1) is 14.6. The molecule has 3 N–H and O–H groups in total. The van der Waals surface area contributed by atoms with Crippen LogP contribution in [0.4, 0.5) is 5.69 Å². The summed E-state index contributed by atoms with van der Waals surface area (Å²) in [6.07, 6.45) is 0.982. The molecular formula is C17H14ClNO3. The molecule has 0 aliphatic heterocycles. The average molecular weight is 316 g/mol. The van der Waals surface area contributed by atoms with Crippen molar-refractivity contribution in [2.24, 2.45) is 0 Å². The SMILES string of the molecule is CNc1ccc(C2=CC(O)c3ccccc32)c(Cl)c1C(=O)O. The second-order valence-electron chi connectivity index (χ2n) is 5.02. The summed E-state index contributed by atoms with van der Waals surface area (Å²) in [5.74, 6) is -1.09. The van der Waals surface area contributed by atoms with Crippen LogP contribution in [0.25, 0.3) is 5.57 Å². The number of aliphatic hydroxyl groups excluding tert-OH is 1. The van der Waals surface area contributed by atoms with Gasteiger partial charge in [-0.05, 0) is 28.8 Å². The smallest absolute Gasteiger partial charge is 0.339 e. The van der Waals surface area contributed by atoms with Gasteiger partial charge in [-0.3, -0.25) is 0 Å². The predicted octanol–water partition coefficient (Wildman–Crippen LogP) is 3.56. The topological polar surface area (TPSA) is 69.6 Å². The van der Waals surface area contributed by atoms with Gasteiger partial charge in [-0.25, -0.2) is 4.79 Å². The molecule has 0 aromatic heterocycles. The van der Waals surface area contributed by atoms with Crippen LogP contribution in [0.2, 0.25) is 5.02 Å². The number of halogens is 1. The zero-order valence-electron chi connectivity index (χ0n) is 11.8. The molecule has 1 aliphatic rings. The molecule has 112 valence electrons. The first-order valence-electron chi connectivity index (χ1n) is 6.77. The monoisotopic (exact) mass is 315 g/mol. The third kappa shape index (κ3) is 2.17. The summed E-state index contributed by atoms with van der Waals surface area (Å²) in [5.41, 5.74) is 3.49. The van der Waals surface area contributed by atoms with Gasteiger partial charge in [0.05, 0.1) is 16.8 Å². The Bertz CT molecular complexity index is 798. The van der Waals surface area contributed by atoms with Crippen LogP contribution in [0, 0.1) is 0 Å². The van der Waals surface area contributed by atoms with E-state index < -0.39 is 12.1 Å². The maximum absolute atomic E-state index is 11.5. The number of carboxylic acid groups (broad SMARTS) is 1. The lowest BCUT2D eigenvalue weighted by atomic mass is 9.96. The highest BCUT2D eigenvalue weighted by Gasteiger charge is 2.26. The van der Waals surface area contributed by atoms with Crippen LogP contribution in [-0.4, -0.2) is 23.2 Å². The van der Waals surface area contributed by atoms with E-state index >= 15 is 0 Å². The zero-order valence-corrected chi connectivity index (χ0v) is 12.6. The molecule has 0 heterocycles. The standard InChI is InChI=1S/C17H14ClNO3/c1-19-13-7-6-11(16(18)15(13)17(21)22)12-8-14(20)10-5-3-2-4-9(10)12/h2-8,14,19-20H,1H3,(H,21,22). The van der Waals surface area contributed by atoms with Gasteiger partial charge in [0.15, 0.2) is 0 Å². The van der Waals surface area contributed by atoms with E-state index in [-0.39, 0.29) is 10.6 Å². The van der Waals surface area contributed by atoms with Gasteiger partial charge in [0.2, 0.25) is 0 Å². The van der Waals surface area contributed by atoms with Crippen molar-refractivity contribution in [3.05, 3.63) is 69.8 Å². The van der Waals surface area contributed by atoms with Gasteiger partial charge in [0.1, 0.15) is 5.56 Å². The van der Waals surface area contributed by atoms with Crippen molar-refractivity contribution < 1.29 is 15.0 Å². The van der Waals surface area contributed by atoms with E-state index in [0.29, 0.717) is 11.3 Å². The van der Waals surface area contributed by atoms with E-state index in [9.17, 15) is 15.0 Å². The van der Waals surface area contributed by atoms with E-state index in [2.05, 4.69) is 5.32 Å². The first-order chi connectivity index (χ1) is 10.5. The van der Waals surface area contributed by atoms with Gasteiger partial charge >= 0.3 is 5.97 Å². The lowest BCUT2D eigenvalue weighted by molar-refractivity contribution is 0.0698. The van der Waals surface area contributed by atoms with E-state index in [1.165, 1.54) is 0 Å².